The van der Waals surface area contributed by atoms with Crippen LogP contribution in [0.5, 0.6) is 5.75 Å². The fraction of sp³-hybridized carbons (Fsp3) is 0.500. The molecule has 1 aliphatic carbocycles. The number of rotatable bonds is 5. The van der Waals surface area contributed by atoms with Gasteiger partial charge in [-0.05, 0) is 30.9 Å². The third kappa shape index (κ3) is 2.40. The van der Waals surface area contributed by atoms with Gasteiger partial charge in [0, 0.05) is 19.2 Å². The summed E-state index contributed by atoms with van der Waals surface area (Å²) >= 11 is 0. The lowest BCUT2D eigenvalue weighted by atomic mass is 10.3. The van der Waals surface area contributed by atoms with E-state index < -0.39 is 16.0 Å². The summed E-state index contributed by atoms with van der Waals surface area (Å²) in [4.78, 5) is 11.1. The largest absolute Gasteiger partial charge is 0.494 e. The minimum atomic E-state index is -3.57. The molecule has 0 radical (unpaired) electrons. The Balaban J connectivity index is 1.77. The summed E-state index contributed by atoms with van der Waals surface area (Å²) < 4.78 is 31.8. The molecule has 0 bridgehead atoms. The van der Waals surface area contributed by atoms with E-state index in [-0.39, 0.29) is 22.6 Å². The molecule has 1 saturated carbocycles. The number of nitrogens with zero attached hydrogens (tertiary/aromatic N) is 1. The smallest absolute Gasteiger partial charge is 0.307 e. The van der Waals surface area contributed by atoms with Gasteiger partial charge in [-0.1, -0.05) is 6.07 Å². The highest BCUT2D eigenvalue weighted by Crippen LogP contribution is 2.52. The fourth-order valence-electron chi connectivity index (χ4n) is 3.09. The number of fused-ring (bicyclic) bond motifs is 1. The summed E-state index contributed by atoms with van der Waals surface area (Å²) in [5.74, 6) is -0.738. The topological polar surface area (TPSA) is 83.9 Å². The summed E-state index contributed by atoms with van der Waals surface area (Å²) in [6, 6.07) is 6.41. The van der Waals surface area contributed by atoms with Crippen molar-refractivity contribution < 1.29 is 23.1 Å². The highest BCUT2D eigenvalue weighted by Gasteiger charge is 2.61. The number of hydrogen-bond acceptors (Lipinski definition) is 4. The monoisotopic (exact) mass is 311 g/mol. The normalized spacial score (nSPS) is 28.1. The van der Waals surface area contributed by atoms with Crippen LogP contribution in [-0.4, -0.2) is 43.5 Å². The Morgan fingerprint density at radius 1 is 1.38 bits per heavy atom. The van der Waals surface area contributed by atoms with Crippen LogP contribution < -0.4 is 4.74 Å². The van der Waals surface area contributed by atoms with Crippen LogP contribution in [0, 0.1) is 17.8 Å². The Hall–Kier alpha value is -1.60. The van der Waals surface area contributed by atoms with E-state index >= 15 is 0 Å². The third-order valence-electron chi connectivity index (χ3n) is 4.20. The van der Waals surface area contributed by atoms with Gasteiger partial charge in [-0.2, -0.15) is 4.31 Å². The van der Waals surface area contributed by atoms with Gasteiger partial charge in [0.15, 0.2) is 0 Å². The molecule has 0 amide bonds. The number of carbonyl (C=O) groups is 1. The van der Waals surface area contributed by atoms with Gasteiger partial charge in [-0.3, -0.25) is 4.79 Å². The molecule has 1 aromatic carbocycles. The van der Waals surface area contributed by atoms with Crippen LogP contribution >= 0.6 is 0 Å². The van der Waals surface area contributed by atoms with Crippen molar-refractivity contribution in [2.24, 2.45) is 17.8 Å². The van der Waals surface area contributed by atoms with Crippen LogP contribution in [0.1, 0.15) is 6.92 Å². The second-order valence-corrected chi connectivity index (χ2v) is 7.36. The molecule has 1 aliphatic heterocycles. The molecule has 0 aromatic heterocycles. The zero-order chi connectivity index (χ0) is 15.2. The van der Waals surface area contributed by atoms with Crippen LogP contribution in [0.25, 0.3) is 0 Å². The van der Waals surface area contributed by atoms with Crippen molar-refractivity contribution in [2.45, 2.75) is 11.8 Å². The molecule has 0 spiro atoms. The molecule has 1 aromatic rings. The number of aliphatic carboxylic acids is 1. The molecule has 1 heterocycles. The van der Waals surface area contributed by atoms with Crippen molar-refractivity contribution in [3.63, 3.8) is 0 Å². The molecular weight excluding hydrogens is 294 g/mol. The maximum absolute atomic E-state index is 12.6. The standard InChI is InChI=1S/C14H17NO5S/c1-2-20-9-4-3-5-10(6-9)21(18,19)15-7-11-12(8-15)13(11)14(16)17/h3-6,11-13H,2,7-8H2,1H3,(H,16,17)/t11-,12+,13?. The van der Waals surface area contributed by atoms with E-state index in [1.165, 1.54) is 16.4 Å². The molecule has 3 rings (SSSR count). The Morgan fingerprint density at radius 3 is 2.62 bits per heavy atom. The molecule has 21 heavy (non-hydrogen) atoms. The SMILES string of the molecule is CCOc1cccc(S(=O)(=O)N2C[C@@H]3C(C(=O)O)[C@@H]3C2)c1. The highest BCUT2D eigenvalue weighted by atomic mass is 32.2. The van der Waals surface area contributed by atoms with Gasteiger partial charge >= 0.3 is 5.97 Å². The van der Waals surface area contributed by atoms with E-state index in [0.29, 0.717) is 25.4 Å². The Morgan fingerprint density at radius 2 is 2.05 bits per heavy atom. The summed E-state index contributed by atoms with van der Waals surface area (Å²) in [5.41, 5.74) is 0. The van der Waals surface area contributed by atoms with Crippen molar-refractivity contribution in [3.05, 3.63) is 24.3 Å². The molecule has 1 N–H and O–H groups in total. The predicted octanol–water partition coefficient (Wildman–Crippen LogP) is 1.04. The van der Waals surface area contributed by atoms with E-state index in [1.807, 2.05) is 6.92 Å². The molecule has 2 fully saturated rings. The van der Waals surface area contributed by atoms with Crippen LogP contribution in [0.2, 0.25) is 0 Å². The zero-order valence-electron chi connectivity index (χ0n) is 11.6. The zero-order valence-corrected chi connectivity index (χ0v) is 12.4. The lowest BCUT2D eigenvalue weighted by molar-refractivity contribution is -0.139. The van der Waals surface area contributed by atoms with Gasteiger partial charge in [0.1, 0.15) is 5.75 Å². The molecule has 114 valence electrons. The van der Waals surface area contributed by atoms with Gasteiger partial charge in [-0.15, -0.1) is 0 Å². The number of carboxylic acids is 1. The average molecular weight is 311 g/mol. The lowest BCUT2D eigenvalue weighted by Crippen LogP contribution is -2.32. The molecule has 3 atom stereocenters. The molecule has 6 nitrogen and oxygen atoms in total. The van der Waals surface area contributed by atoms with Crippen LogP contribution in [0.15, 0.2) is 29.2 Å². The fourth-order valence-corrected chi connectivity index (χ4v) is 4.64. The van der Waals surface area contributed by atoms with Gasteiger partial charge in [0.25, 0.3) is 0 Å². The van der Waals surface area contributed by atoms with Gasteiger partial charge in [0.05, 0.1) is 17.4 Å². The Bertz CT molecular complexity index is 660. The number of benzene rings is 1. The average Bonchev–Trinajstić information content (AvgIpc) is 2.95. The first-order chi connectivity index (χ1) is 9.95. The van der Waals surface area contributed by atoms with Crippen LogP contribution in [-0.2, 0) is 14.8 Å². The molecule has 1 saturated heterocycles. The number of ether oxygens (including phenoxy) is 1. The first kappa shape index (κ1) is 14.3. The van der Waals surface area contributed by atoms with Crippen molar-refractivity contribution >= 4 is 16.0 Å². The van der Waals surface area contributed by atoms with Crippen molar-refractivity contribution in [1.29, 1.82) is 0 Å². The third-order valence-corrected chi connectivity index (χ3v) is 6.03. The number of piperidine rings is 1. The van der Waals surface area contributed by atoms with E-state index in [1.54, 1.807) is 12.1 Å². The van der Waals surface area contributed by atoms with Crippen molar-refractivity contribution in [1.82, 2.24) is 4.31 Å². The maximum atomic E-state index is 12.6. The first-order valence-corrected chi connectivity index (χ1v) is 8.35. The second kappa shape index (κ2) is 4.99. The Kier molecular flexibility index (Phi) is 3.41. The van der Waals surface area contributed by atoms with Gasteiger partial charge in [-0.25, -0.2) is 8.42 Å². The number of hydrogen-bond donors (Lipinski definition) is 1. The van der Waals surface area contributed by atoms with E-state index in [0.717, 1.165) is 0 Å². The second-order valence-electron chi connectivity index (χ2n) is 5.42. The maximum Gasteiger partial charge on any atom is 0.307 e. The minimum Gasteiger partial charge on any atom is -0.494 e. The highest BCUT2D eigenvalue weighted by molar-refractivity contribution is 7.89. The van der Waals surface area contributed by atoms with Gasteiger partial charge in [0.2, 0.25) is 10.0 Å². The lowest BCUT2D eigenvalue weighted by Gasteiger charge is -2.19. The Labute approximate surface area is 123 Å². The summed E-state index contributed by atoms with van der Waals surface area (Å²) in [5, 5.41) is 8.98. The number of sulfonamides is 1. The summed E-state index contributed by atoms with van der Waals surface area (Å²) in [6.45, 7) is 2.89. The van der Waals surface area contributed by atoms with Gasteiger partial charge < -0.3 is 9.84 Å². The quantitative estimate of drug-likeness (QED) is 0.878. The van der Waals surface area contributed by atoms with Crippen molar-refractivity contribution in [2.75, 3.05) is 19.7 Å². The molecule has 2 aliphatic rings. The van der Waals surface area contributed by atoms with Crippen LogP contribution in [0.3, 0.4) is 0 Å². The molecule has 1 unspecified atom stereocenters. The minimum absolute atomic E-state index is 0.0349. The predicted molar refractivity (Wildman–Crippen MR) is 74.5 cm³/mol. The van der Waals surface area contributed by atoms with Crippen molar-refractivity contribution in [3.8, 4) is 5.75 Å². The number of carboxylic acid groups (broad SMARTS) is 1. The van der Waals surface area contributed by atoms with E-state index in [4.69, 9.17) is 9.84 Å². The van der Waals surface area contributed by atoms with E-state index in [9.17, 15) is 13.2 Å². The summed E-state index contributed by atoms with van der Waals surface area (Å²) in [7, 11) is -3.57. The summed E-state index contributed by atoms with van der Waals surface area (Å²) in [6.07, 6.45) is 0. The molecule has 7 heteroatoms. The first-order valence-electron chi connectivity index (χ1n) is 6.91. The molecular formula is C14H17NO5S. The van der Waals surface area contributed by atoms with E-state index in [2.05, 4.69) is 0 Å². The van der Waals surface area contributed by atoms with Crippen LogP contribution in [0.4, 0.5) is 0 Å².